The van der Waals surface area contributed by atoms with Crippen molar-refractivity contribution in [1.82, 2.24) is 15.0 Å². The molecule has 1 saturated heterocycles. The zero-order valence-electron chi connectivity index (χ0n) is 17.3. The van der Waals surface area contributed by atoms with E-state index in [1.54, 1.807) is 26.2 Å². The third kappa shape index (κ3) is 4.86. The minimum Gasteiger partial charge on any atom is -0.496 e. The first-order valence-electron chi connectivity index (χ1n) is 10.2. The van der Waals surface area contributed by atoms with Gasteiger partial charge in [0.1, 0.15) is 11.6 Å². The molecule has 1 aromatic heterocycles. The van der Waals surface area contributed by atoms with Gasteiger partial charge in [-0.25, -0.2) is 4.39 Å². The van der Waals surface area contributed by atoms with Gasteiger partial charge in [0.2, 0.25) is 11.7 Å². The molecule has 1 atom stereocenters. The molecule has 1 unspecified atom stereocenters. The molecule has 0 radical (unpaired) electrons. The summed E-state index contributed by atoms with van der Waals surface area (Å²) < 4.78 is 30.7. The van der Waals surface area contributed by atoms with Crippen LogP contribution in [0.15, 0.2) is 47.0 Å². The Balaban J connectivity index is 1.52. The van der Waals surface area contributed by atoms with Gasteiger partial charge in [-0.15, -0.1) is 0 Å². The molecular formula is C23H26FN3O3. The Morgan fingerprint density at radius 1 is 1.20 bits per heavy atom. The summed E-state index contributed by atoms with van der Waals surface area (Å²) in [5, 5.41) is 4.05. The quantitative estimate of drug-likeness (QED) is 0.548. The lowest BCUT2D eigenvalue weighted by Gasteiger charge is -2.24. The van der Waals surface area contributed by atoms with Crippen molar-refractivity contribution < 1.29 is 18.4 Å². The van der Waals surface area contributed by atoms with E-state index < -0.39 is 0 Å². The second kappa shape index (κ2) is 9.36. The molecule has 4 rings (SSSR count). The van der Waals surface area contributed by atoms with Crippen molar-refractivity contribution in [2.75, 3.05) is 20.3 Å². The Bertz CT molecular complexity index is 985. The predicted octanol–water partition coefficient (Wildman–Crippen LogP) is 4.37. The van der Waals surface area contributed by atoms with Crippen LogP contribution in [0.3, 0.4) is 0 Å². The van der Waals surface area contributed by atoms with E-state index in [9.17, 15) is 4.39 Å². The molecule has 0 bridgehead atoms. The Labute approximate surface area is 175 Å². The second-order valence-electron chi connectivity index (χ2n) is 7.59. The van der Waals surface area contributed by atoms with Crippen LogP contribution in [0.4, 0.5) is 4.39 Å². The van der Waals surface area contributed by atoms with Crippen LogP contribution in [0, 0.1) is 12.7 Å². The van der Waals surface area contributed by atoms with E-state index in [2.05, 4.69) is 21.1 Å². The van der Waals surface area contributed by atoms with E-state index in [0.717, 1.165) is 37.3 Å². The number of halogens is 1. The normalized spacial score (nSPS) is 16.3. The lowest BCUT2D eigenvalue weighted by molar-refractivity contribution is 0.0637. The molecule has 1 fully saturated rings. The monoisotopic (exact) mass is 411 g/mol. The van der Waals surface area contributed by atoms with Gasteiger partial charge in [-0.3, -0.25) is 4.90 Å². The van der Waals surface area contributed by atoms with Crippen LogP contribution in [0.5, 0.6) is 5.75 Å². The average Bonchev–Trinajstić information content (AvgIpc) is 3.43. The van der Waals surface area contributed by atoms with Gasteiger partial charge in [0.15, 0.2) is 0 Å². The topological polar surface area (TPSA) is 60.6 Å². The maximum Gasteiger partial charge on any atom is 0.241 e. The SMILES string of the molecule is COc1ccccc1CN(Cc1nc(-c2ccc(C)c(F)c2)no1)CC1CCCO1. The van der Waals surface area contributed by atoms with Gasteiger partial charge in [-0.2, -0.15) is 4.98 Å². The summed E-state index contributed by atoms with van der Waals surface area (Å²) in [5.41, 5.74) is 2.27. The fraction of sp³-hybridized carbons (Fsp3) is 0.391. The van der Waals surface area contributed by atoms with Crippen LogP contribution in [0.25, 0.3) is 11.4 Å². The van der Waals surface area contributed by atoms with Gasteiger partial charge in [0, 0.05) is 30.8 Å². The fourth-order valence-corrected chi connectivity index (χ4v) is 3.70. The highest BCUT2D eigenvalue weighted by molar-refractivity contribution is 5.54. The Morgan fingerprint density at radius 3 is 2.83 bits per heavy atom. The molecule has 0 saturated carbocycles. The van der Waals surface area contributed by atoms with Gasteiger partial charge >= 0.3 is 0 Å². The second-order valence-corrected chi connectivity index (χ2v) is 7.59. The number of benzene rings is 2. The number of hydrogen-bond donors (Lipinski definition) is 0. The number of para-hydroxylation sites is 1. The first-order chi connectivity index (χ1) is 14.6. The molecule has 0 spiro atoms. The van der Waals surface area contributed by atoms with E-state index >= 15 is 0 Å². The number of methoxy groups -OCH3 is 1. The number of hydrogen-bond acceptors (Lipinski definition) is 6. The van der Waals surface area contributed by atoms with Crippen LogP contribution in [0.2, 0.25) is 0 Å². The summed E-state index contributed by atoms with van der Waals surface area (Å²) in [6.07, 6.45) is 2.31. The summed E-state index contributed by atoms with van der Waals surface area (Å²) in [4.78, 5) is 6.71. The van der Waals surface area contributed by atoms with Crippen LogP contribution < -0.4 is 4.74 Å². The first-order valence-corrected chi connectivity index (χ1v) is 10.2. The minimum atomic E-state index is -0.282. The van der Waals surface area contributed by atoms with Gasteiger partial charge in [0.25, 0.3) is 0 Å². The lowest BCUT2D eigenvalue weighted by atomic mass is 10.1. The molecule has 0 aliphatic carbocycles. The first kappa shape index (κ1) is 20.5. The van der Waals surface area contributed by atoms with Crippen molar-refractivity contribution in [1.29, 1.82) is 0 Å². The smallest absolute Gasteiger partial charge is 0.241 e. The Morgan fingerprint density at radius 2 is 2.07 bits per heavy atom. The van der Waals surface area contributed by atoms with Crippen molar-refractivity contribution in [3.05, 3.63) is 65.3 Å². The maximum atomic E-state index is 13.9. The highest BCUT2D eigenvalue weighted by atomic mass is 19.1. The zero-order chi connectivity index (χ0) is 20.9. The van der Waals surface area contributed by atoms with E-state index in [-0.39, 0.29) is 11.9 Å². The van der Waals surface area contributed by atoms with Crippen LogP contribution >= 0.6 is 0 Å². The number of aryl methyl sites for hydroxylation is 1. The van der Waals surface area contributed by atoms with Crippen molar-refractivity contribution in [2.24, 2.45) is 0 Å². The fourth-order valence-electron chi connectivity index (χ4n) is 3.70. The third-order valence-corrected chi connectivity index (χ3v) is 5.33. The molecule has 3 aromatic rings. The van der Waals surface area contributed by atoms with E-state index in [1.165, 1.54) is 6.07 Å². The van der Waals surface area contributed by atoms with Crippen molar-refractivity contribution in [3.8, 4) is 17.1 Å². The number of rotatable bonds is 8. The molecule has 2 aromatic carbocycles. The zero-order valence-corrected chi connectivity index (χ0v) is 17.3. The summed E-state index contributed by atoms with van der Waals surface area (Å²) in [5.74, 6) is 1.43. The summed E-state index contributed by atoms with van der Waals surface area (Å²) in [6, 6.07) is 12.9. The van der Waals surface area contributed by atoms with E-state index in [0.29, 0.717) is 35.9 Å². The molecule has 2 heterocycles. The Kier molecular flexibility index (Phi) is 6.40. The van der Waals surface area contributed by atoms with Gasteiger partial charge in [0.05, 0.1) is 19.8 Å². The highest BCUT2D eigenvalue weighted by Crippen LogP contribution is 2.23. The predicted molar refractivity (Wildman–Crippen MR) is 111 cm³/mol. The number of nitrogens with zero attached hydrogens (tertiary/aromatic N) is 3. The molecule has 158 valence electrons. The Hall–Kier alpha value is -2.77. The van der Waals surface area contributed by atoms with Crippen LogP contribution in [-0.4, -0.2) is 41.4 Å². The maximum absolute atomic E-state index is 13.9. The van der Waals surface area contributed by atoms with E-state index in [1.807, 2.05) is 18.2 Å². The third-order valence-electron chi connectivity index (χ3n) is 5.33. The molecule has 7 heteroatoms. The van der Waals surface area contributed by atoms with Gasteiger partial charge < -0.3 is 14.0 Å². The minimum absolute atomic E-state index is 0.188. The average molecular weight is 411 g/mol. The number of ether oxygens (including phenoxy) is 2. The van der Waals surface area contributed by atoms with Crippen molar-refractivity contribution in [3.63, 3.8) is 0 Å². The molecule has 0 N–H and O–H groups in total. The largest absolute Gasteiger partial charge is 0.496 e. The summed E-state index contributed by atoms with van der Waals surface area (Å²) in [6.45, 7) is 4.42. The van der Waals surface area contributed by atoms with Gasteiger partial charge in [-0.1, -0.05) is 35.5 Å². The van der Waals surface area contributed by atoms with Crippen LogP contribution in [-0.2, 0) is 17.8 Å². The molecule has 1 aliphatic rings. The van der Waals surface area contributed by atoms with Crippen LogP contribution in [0.1, 0.15) is 29.9 Å². The van der Waals surface area contributed by atoms with E-state index in [4.69, 9.17) is 14.0 Å². The van der Waals surface area contributed by atoms with Crippen molar-refractivity contribution >= 4 is 0 Å². The molecule has 6 nitrogen and oxygen atoms in total. The molecule has 1 aliphatic heterocycles. The summed E-state index contributed by atoms with van der Waals surface area (Å²) >= 11 is 0. The van der Waals surface area contributed by atoms with Gasteiger partial charge in [-0.05, 0) is 37.5 Å². The molecular weight excluding hydrogens is 385 g/mol. The highest BCUT2D eigenvalue weighted by Gasteiger charge is 2.22. The number of aromatic nitrogens is 2. The van der Waals surface area contributed by atoms with Crippen molar-refractivity contribution in [2.45, 2.75) is 39.0 Å². The summed E-state index contributed by atoms with van der Waals surface area (Å²) in [7, 11) is 1.67. The molecule has 30 heavy (non-hydrogen) atoms. The standard InChI is InChI=1S/C23H26FN3O3/c1-16-9-10-17(12-20(16)24)23-25-22(30-26-23)15-27(14-19-7-5-11-29-19)13-18-6-3-4-8-21(18)28-2/h3-4,6,8-10,12,19H,5,7,11,13-15H2,1-2H3. The molecule has 0 amide bonds. The lowest BCUT2D eigenvalue weighted by Crippen LogP contribution is -2.31.